The predicted molar refractivity (Wildman–Crippen MR) is 131 cm³/mol. The van der Waals surface area contributed by atoms with Gasteiger partial charge in [-0.05, 0) is 70.2 Å². The number of amides is 1. The van der Waals surface area contributed by atoms with Crippen molar-refractivity contribution in [2.75, 3.05) is 26.2 Å². The van der Waals surface area contributed by atoms with Crippen molar-refractivity contribution in [2.45, 2.75) is 64.2 Å². The second-order valence-electron chi connectivity index (χ2n) is 9.76. The van der Waals surface area contributed by atoms with Gasteiger partial charge in [0.05, 0.1) is 11.4 Å². The number of ether oxygens (including phenoxy) is 1. The van der Waals surface area contributed by atoms with E-state index in [9.17, 15) is 18.0 Å². The number of likely N-dealkylation sites (tertiary alicyclic amines) is 2. The molecule has 3 heterocycles. The Balaban J connectivity index is 0.000000479. The molecule has 4 rings (SSSR count). The maximum absolute atomic E-state index is 13.1. The molecule has 11 heteroatoms. The molecule has 1 aromatic heterocycles. The number of carbonyl (C=O) groups is 2. The number of alkyl halides is 3. The molecule has 2 aromatic rings. The first-order valence-corrected chi connectivity index (χ1v) is 12.4. The minimum absolute atomic E-state index is 0.00327. The molecule has 1 amide bonds. The SMILES string of the molecule is Cc1cc(CN2CCCC3(CCCN3C(=O)COc3ccccc3C)CC2)n(C)n1.O=C(O)C(F)(F)F. The molecule has 0 aliphatic carbocycles. The van der Waals surface area contributed by atoms with Gasteiger partial charge in [-0.25, -0.2) is 4.79 Å². The van der Waals surface area contributed by atoms with Crippen LogP contribution in [0.25, 0.3) is 0 Å². The van der Waals surface area contributed by atoms with E-state index in [4.69, 9.17) is 14.6 Å². The van der Waals surface area contributed by atoms with Crippen molar-refractivity contribution < 1.29 is 32.6 Å². The second kappa shape index (κ2) is 12.0. The Labute approximate surface area is 215 Å². The minimum atomic E-state index is -5.08. The molecular formula is C26H35F3N4O4. The summed E-state index contributed by atoms with van der Waals surface area (Å²) in [6, 6.07) is 10.1. The number of aliphatic carboxylic acids is 1. The lowest BCUT2D eigenvalue weighted by Crippen LogP contribution is -2.49. The van der Waals surface area contributed by atoms with Crippen LogP contribution < -0.4 is 4.74 Å². The fraction of sp³-hybridized carbons (Fsp3) is 0.577. The van der Waals surface area contributed by atoms with Crippen LogP contribution in [0.2, 0.25) is 0 Å². The average molecular weight is 525 g/mol. The standard InChI is InChI=1S/C24H34N4O2.C2HF3O2/c1-19-8-4-5-9-22(19)30-18-23(29)28-14-7-11-24(28)10-6-13-27(15-12-24)17-21-16-20(2)25-26(21)3;3-2(4,5)1(6)7/h4-5,8-9,16H,6-7,10-15,17-18H2,1-3H3;(H,6,7). The van der Waals surface area contributed by atoms with E-state index in [1.165, 1.54) is 5.69 Å². The summed E-state index contributed by atoms with van der Waals surface area (Å²) in [4.78, 5) is 26.7. The third kappa shape index (κ3) is 7.47. The van der Waals surface area contributed by atoms with Crippen molar-refractivity contribution in [3.63, 3.8) is 0 Å². The van der Waals surface area contributed by atoms with E-state index < -0.39 is 12.1 Å². The molecule has 1 atom stereocenters. The Morgan fingerprint density at radius 3 is 2.32 bits per heavy atom. The number of aromatic nitrogens is 2. The first kappa shape index (κ1) is 28.5. The normalized spacial score (nSPS) is 20.3. The monoisotopic (exact) mass is 524 g/mol. The maximum atomic E-state index is 13.1. The Morgan fingerprint density at radius 2 is 1.73 bits per heavy atom. The largest absolute Gasteiger partial charge is 0.490 e. The molecule has 1 N–H and O–H groups in total. The number of carboxylic acid groups (broad SMARTS) is 1. The maximum Gasteiger partial charge on any atom is 0.490 e. The van der Waals surface area contributed by atoms with Gasteiger partial charge in [0, 0.05) is 32.2 Å². The first-order valence-electron chi connectivity index (χ1n) is 12.4. The summed E-state index contributed by atoms with van der Waals surface area (Å²) >= 11 is 0. The molecule has 204 valence electrons. The number of benzene rings is 1. The van der Waals surface area contributed by atoms with Crippen LogP contribution in [0.1, 0.15) is 49.1 Å². The Bertz CT molecular complexity index is 1090. The van der Waals surface area contributed by atoms with Crippen LogP contribution in [0, 0.1) is 13.8 Å². The number of rotatable bonds is 5. The van der Waals surface area contributed by atoms with Crippen LogP contribution in [-0.4, -0.2) is 74.5 Å². The van der Waals surface area contributed by atoms with Crippen LogP contribution in [0.4, 0.5) is 13.2 Å². The molecule has 2 aliphatic heterocycles. The summed E-state index contributed by atoms with van der Waals surface area (Å²) < 4.78 is 39.6. The summed E-state index contributed by atoms with van der Waals surface area (Å²) in [6.07, 6.45) is 0.377. The van der Waals surface area contributed by atoms with Crippen LogP contribution in [0.5, 0.6) is 5.75 Å². The van der Waals surface area contributed by atoms with Crippen molar-refractivity contribution in [3.05, 3.63) is 47.3 Å². The van der Waals surface area contributed by atoms with Crippen molar-refractivity contribution >= 4 is 11.9 Å². The Kier molecular flexibility index (Phi) is 9.22. The van der Waals surface area contributed by atoms with E-state index in [1.54, 1.807) is 0 Å². The molecule has 8 nitrogen and oxygen atoms in total. The number of nitrogens with zero attached hydrogens (tertiary/aromatic N) is 4. The zero-order valence-electron chi connectivity index (χ0n) is 21.6. The molecule has 1 unspecified atom stereocenters. The van der Waals surface area contributed by atoms with Crippen LogP contribution >= 0.6 is 0 Å². The molecule has 1 aromatic carbocycles. The Hall–Kier alpha value is -3.08. The summed E-state index contributed by atoms with van der Waals surface area (Å²) in [5.41, 5.74) is 3.40. The summed E-state index contributed by atoms with van der Waals surface area (Å²) in [6.45, 7) is 8.07. The summed E-state index contributed by atoms with van der Waals surface area (Å²) in [7, 11) is 2.02. The third-order valence-electron chi connectivity index (χ3n) is 7.08. The molecule has 0 saturated carbocycles. The lowest BCUT2D eigenvalue weighted by Gasteiger charge is -2.38. The molecule has 2 saturated heterocycles. The fourth-order valence-corrected chi connectivity index (χ4v) is 5.22. The number of para-hydroxylation sites is 1. The predicted octanol–water partition coefficient (Wildman–Crippen LogP) is 4.10. The zero-order valence-corrected chi connectivity index (χ0v) is 21.6. The van der Waals surface area contributed by atoms with Gasteiger partial charge in [-0.2, -0.15) is 18.3 Å². The second-order valence-corrected chi connectivity index (χ2v) is 9.76. The smallest absolute Gasteiger partial charge is 0.484 e. The van der Waals surface area contributed by atoms with Crippen LogP contribution in [0.3, 0.4) is 0 Å². The van der Waals surface area contributed by atoms with E-state index in [1.807, 2.05) is 49.8 Å². The lowest BCUT2D eigenvalue weighted by atomic mass is 9.87. The minimum Gasteiger partial charge on any atom is -0.484 e. The molecule has 2 fully saturated rings. The summed E-state index contributed by atoms with van der Waals surface area (Å²) in [5.74, 6) is -1.82. The van der Waals surface area contributed by atoms with E-state index in [0.717, 1.165) is 75.3 Å². The molecule has 0 bridgehead atoms. The van der Waals surface area contributed by atoms with Crippen LogP contribution in [-0.2, 0) is 23.2 Å². The highest BCUT2D eigenvalue weighted by atomic mass is 19.4. The lowest BCUT2D eigenvalue weighted by molar-refractivity contribution is -0.192. The van der Waals surface area contributed by atoms with Gasteiger partial charge in [-0.3, -0.25) is 14.4 Å². The van der Waals surface area contributed by atoms with Gasteiger partial charge in [0.2, 0.25) is 0 Å². The number of hydrogen-bond donors (Lipinski definition) is 1. The summed E-state index contributed by atoms with van der Waals surface area (Å²) in [5, 5.41) is 11.6. The van der Waals surface area contributed by atoms with Gasteiger partial charge in [-0.1, -0.05) is 18.2 Å². The first-order chi connectivity index (χ1) is 17.4. The van der Waals surface area contributed by atoms with E-state index in [0.29, 0.717) is 0 Å². The zero-order chi connectivity index (χ0) is 27.2. The highest BCUT2D eigenvalue weighted by Gasteiger charge is 2.44. The van der Waals surface area contributed by atoms with Crippen molar-refractivity contribution in [1.82, 2.24) is 19.6 Å². The average Bonchev–Trinajstić information content (AvgIpc) is 3.31. The number of aryl methyl sites for hydroxylation is 3. The highest BCUT2D eigenvalue weighted by Crippen LogP contribution is 2.38. The van der Waals surface area contributed by atoms with E-state index in [2.05, 4.69) is 21.0 Å². The molecule has 2 aliphatic rings. The Morgan fingerprint density at radius 1 is 1.08 bits per heavy atom. The quantitative estimate of drug-likeness (QED) is 0.634. The molecular weight excluding hydrogens is 489 g/mol. The van der Waals surface area contributed by atoms with Gasteiger partial charge in [0.25, 0.3) is 5.91 Å². The van der Waals surface area contributed by atoms with Crippen molar-refractivity contribution in [3.8, 4) is 5.75 Å². The number of carbonyl (C=O) groups excluding carboxylic acids is 1. The molecule has 0 radical (unpaired) electrons. The van der Waals surface area contributed by atoms with Gasteiger partial charge in [-0.15, -0.1) is 0 Å². The number of halogens is 3. The van der Waals surface area contributed by atoms with Gasteiger partial charge in [0.15, 0.2) is 6.61 Å². The van der Waals surface area contributed by atoms with Gasteiger partial charge >= 0.3 is 12.1 Å². The van der Waals surface area contributed by atoms with E-state index >= 15 is 0 Å². The topological polar surface area (TPSA) is 87.9 Å². The van der Waals surface area contributed by atoms with Crippen molar-refractivity contribution in [1.29, 1.82) is 0 Å². The van der Waals surface area contributed by atoms with Gasteiger partial charge in [0.1, 0.15) is 5.75 Å². The number of carboxylic acids is 1. The molecule has 37 heavy (non-hydrogen) atoms. The molecule has 1 spiro atoms. The fourth-order valence-electron chi connectivity index (χ4n) is 5.22. The third-order valence-corrected chi connectivity index (χ3v) is 7.08. The highest BCUT2D eigenvalue weighted by molar-refractivity contribution is 5.79. The van der Waals surface area contributed by atoms with Gasteiger partial charge < -0.3 is 14.7 Å². The van der Waals surface area contributed by atoms with E-state index in [-0.39, 0.29) is 18.1 Å². The number of hydrogen-bond acceptors (Lipinski definition) is 5. The van der Waals surface area contributed by atoms with Crippen molar-refractivity contribution in [2.24, 2.45) is 7.05 Å². The van der Waals surface area contributed by atoms with Crippen LogP contribution in [0.15, 0.2) is 30.3 Å².